The van der Waals surface area contributed by atoms with Crippen LogP contribution in [0.5, 0.6) is 5.75 Å². The van der Waals surface area contributed by atoms with Crippen LogP contribution in [0, 0.1) is 0 Å². The molecule has 2 aromatic rings. The fourth-order valence-corrected chi connectivity index (χ4v) is 3.16. The van der Waals surface area contributed by atoms with E-state index in [0.29, 0.717) is 0 Å². The Morgan fingerprint density at radius 1 is 1.29 bits per heavy atom. The zero-order valence-electron chi connectivity index (χ0n) is 12.4. The van der Waals surface area contributed by atoms with Crippen molar-refractivity contribution in [1.82, 2.24) is 5.32 Å². The van der Waals surface area contributed by atoms with Crippen molar-refractivity contribution in [3.05, 3.63) is 64.2 Å². The van der Waals surface area contributed by atoms with E-state index in [9.17, 15) is 0 Å². The van der Waals surface area contributed by atoms with Crippen LogP contribution in [-0.4, -0.2) is 13.2 Å². The van der Waals surface area contributed by atoms with Crippen molar-refractivity contribution in [2.75, 3.05) is 7.05 Å². The minimum Gasteiger partial charge on any atom is -0.490 e. The van der Waals surface area contributed by atoms with Gasteiger partial charge in [-0.05, 0) is 55.3 Å². The molecule has 0 aromatic heterocycles. The highest BCUT2D eigenvalue weighted by Gasteiger charge is 2.20. The summed E-state index contributed by atoms with van der Waals surface area (Å²) in [7, 11) is 2.00. The Labute approximate surface area is 131 Å². The molecule has 3 rings (SSSR count). The lowest BCUT2D eigenvalue weighted by atomic mass is 9.96. The lowest BCUT2D eigenvalue weighted by Crippen LogP contribution is -2.19. The molecular formula is C18H20ClNO. The van der Waals surface area contributed by atoms with E-state index in [2.05, 4.69) is 36.5 Å². The second-order valence-corrected chi connectivity index (χ2v) is 6.11. The van der Waals surface area contributed by atoms with Gasteiger partial charge < -0.3 is 10.1 Å². The number of hydrogen-bond donors (Lipinski definition) is 1. The Balaban J connectivity index is 1.82. The molecule has 1 N–H and O–H groups in total. The monoisotopic (exact) mass is 301 g/mol. The van der Waals surface area contributed by atoms with Crippen LogP contribution in [0.15, 0.2) is 42.5 Å². The van der Waals surface area contributed by atoms with E-state index in [1.807, 2.05) is 25.2 Å². The second kappa shape index (κ2) is 6.08. The van der Waals surface area contributed by atoms with E-state index in [-0.39, 0.29) is 12.1 Å². The molecule has 0 saturated heterocycles. The predicted molar refractivity (Wildman–Crippen MR) is 87.2 cm³/mol. The van der Waals surface area contributed by atoms with Gasteiger partial charge in [0, 0.05) is 17.5 Å². The number of nitrogens with one attached hydrogen (secondary N) is 1. The molecule has 1 aliphatic rings. The molecule has 0 aliphatic carbocycles. The van der Waals surface area contributed by atoms with Crippen molar-refractivity contribution < 1.29 is 4.74 Å². The normalized spacial score (nSPS) is 18.1. The summed E-state index contributed by atoms with van der Waals surface area (Å²) in [4.78, 5) is 0. The molecule has 0 bridgehead atoms. The summed E-state index contributed by atoms with van der Waals surface area (Å²) in [6.07, 6.45) is 2.21. The van der Waals surface area contributed by atoms with Gasteiger partial charge in [-0.1, -0.05) is 35.9 Å². The number of ether oxygens (including phenoxy) is 1. The van der Waals surface area contributed by atoms with Crippen LogP contribution in [0.1, 0.15) is 29.7 Å². The summed E-state index contributed by atoms with van der Waals surface area (Å²) < 4.78 is 5.77. The van der Waals surface area contributed by atoms with Crippen LogP contribution in [-0.2, 0) is 12.8 Å². The minimum absolute atomic E-state index is 0.282. The number of fused-ring (bicyclic) bond motifs is 1. The van der Waals surface area contributed by atoms with Crippen LogP contribution < -0.4 is 10.1 Å². The number of rotatable bonds is 4. The highest BCUT2D eigenvalue weighted by Crippen LogP contribution is 2.32. The Morgan fingerprint density at radius 3 is 2.90 bits per heavy atom. The van der Waals surface area contributed by atoms with Gasteiger partial charge in [-0.3, -0.25) is 0 Å². The smallest absolute Gasteiger partial charge is 0.123 e. The second-order valence-electron chi connectivity index (χ2n) is 5.68. The number of likely N-dealkylation sites (N-methyl/N-ethyl adjacent to an activating group) is 1. The van der Waals surface area contributed by atoms with E-state index >= 15 is 0 Å². The van der Waals surface area contributed by atoms with Gasteiger partial charge in [0.2, 0.25) is 0 Å². The number of halogens is 1. The van der Waals surface area contributed by atoms with E-state index in [0.717, 1.165) is 23.6 Å². The largest absolute Gasteiger partial charge is 0.490 e. The van der Waals surface area contributed by atoms with Crippen LogP contribution in [0.3, 0.4) is 0 Å². The highest BCUT2D eigenvalue weighted by molar-refractivity contribution is 6.30. The molecule has 0 saturated carbocycles. The third-order valence-electron chi connectivity index (χ3n) is 4.00. The molecule has 2 aromatic carbocycles. The summed E-state index contributed by atoms with van der Waals surface area (Å²) in [5.74, 6) is 1.03. The average molecular weight is 302 g/mol. The van der Waals surface area contributed by atoms with E-state index in [1.54, 1.807) is 0 Å². The topological polar surface area (TPSA) is 21.3 Å². The predicted octanol–water partition coefficient (Wildman–Crippen LogP) is 4.17. The van der Waals surface area contributed by atoms with E-state index < -0.39 is 0 Å². The van der Waals surface area contributed by atoms with Gasteiger partial charge in [0.05, 0.1) is 0 Å². The quantitative estimate of drug-likeness (QED) is 0.915. The Bertz CT molecular complexity index is 641. The average Bonchev–Trinajstić information content (AvgIpc) is 2.84. The molecule has 1 heterocycles. The Kier molecular flexibility index (Phi) is 4.18. The molecule has 3 heteroatoms. The van der Waals surface area contributed by atoms with Crippen LogP contribution in [0.25, 0.3) is 0 Å². The molecule has 110 valence electrons. The van der Waals surface area contributed by atoms with Gasteiger partial charge in [-0.15, -0.1) is 0 Å². The maximum atomic E-state index is 6.07. The fourth-order valence-electron chi connectivity index (χ4n) is 2.94. The maximum Gasteiger partial charge on any atom is 0.123 e. The lowest BCUT2D eigenvalue weighted by molar-refractivity contribution is 0.254. The summed E-state index contributed by atoms with van der Waals surface area (Å²) in [5, 5.41) is 4.20. The molecule has 2 atom stereocenters. The molecule has 2 nitrogen and oxygen atoms in total. The molecule has 1 aliphatic heterocycles. The van der Waals surface area contributed by atoms with Crippen molar-refractivity contribution in [1.29, 1.82) is 0 Å². The first kappa shape index (κ1) is 14.4. The van der Waals surface area contributed by atoms with Crippen molar-refractivity contribution in [3.8, 4) is 5.75 Å². The fraction of sp³-hybridized carbons (Fsp3) is 0.333. The standard InChI is InChI=1S/C18H20ClNO/c1-12-8-15-11-14(6-7-18(15)21-12)17(20-2)10-13-4-3-5-16(19)9-13/h3-7,9,11-12,17,20H,8,10H2,1-2H3. The number of benzene rings is 2. The van der Waals surface area contributed by atoms with E-state index in [4.69, 9.17) is 16.3 Å². The third-order valence-corrected chi connectivity index (χ3v) is 4.23. The Morgan fingerprint density at radius 2 is 2.14 bits per heavy atom. The first-order valence-electron chi connectivity index (χ1n) is 7.37. The summed E-state index contributed by atoms with van der Waals surface area (Å²) in [5.41, 5.74) is 3.85. The van der Waals surface area contributed by atoms with Gasteiger partial charge in [-0.2, -0.15) is 0 Å². The van der Waals surface area contributed by atoms with Crippen molar-refractivity contribution in [3.63, 3.8) is 0 Å². The summed E-state index contributed by atoms with van der Waals surface area (Å²) in [6.45, 7) is 2.11. The molecule has 0 fully saturated rings. The lowest BCUT2D eigenvalue weighted by Gasteiger charge is -2.18. The van der Waals surface area contributed by atoms with Gasteiger partial charge in [-0.25, -0.2) is 0 Å². The SMILES string of the molecule is CNC(Cc1cccc(Cl)c1)c1ccc2c(c1)CC(C)O2. The number of hydrogen-bond acceptors (Lipinski definition) is 2. The molecule has 21 heavy (non-hydrogen) atoms. The molecular weight excluding hydrogens is 282 g/mol. The molecule has 0 spiro atoms. The molecule has 2 unspecified atom stereocenters. The minimum atomic E-state index is 0.282. The molecule has 0 amide bonds. The van der Waals surface area contributed by atoms with Gasteiger partial charge in [0.15, 0.2) is 0 Å². The zero-order valence-corrected chi connectivity index (χ0v) is 13.2. The van der Waals surface area contributed by atoms with Crippen LogP contribution >= 0.6 is 11.6 Å². The first-order valence-corrected chi connectivity index (χ1v) is 7.74. The van der Waals surface area contributed by atoms with Crippen molar-refractivity contribution in [2.24, 2.45) is 0 Å². The van der Waals surface area contributed by atoms with Crippen molar-refractivity contribution >= 4 is 11.6 Å². The summed E-state index contributed by atoms with van der Waals surface area (Å²) >= 11 is 6.07. The van der Waals surface area contributed by atoms with Gasteiger partial charge in [0.1, 0.15) is 11.9 Å². The van der Waals surface area contributed by atoms with Crippen LogP contribution in [0.2, 0.25) is 5.02 Å². The third kappa shape index (κ3) is 3.22. The Hall–Kier alpha value is -1.51. The summed E-state index contributed by atoms with van der Waals surface area (Å²) in [6, 6.07) is 14.9. The van der Waals surface area contributed by atoms with Gasteiger partial charge in [0.25, 0.3) is 0 Å². The highest BCUT2D eigenvalue weighted by atomic mass is 35.5. The van der Waals surface area contributed by atoms with E-state index in [1.165, 1.54) is 16.7 Å². The van der Waals surface area contributed by atoms with Gasteiger partial charge >= 0.3 is 0 Å². The molecule has 0 radical (unpaired) electrons. The van der Waals surface area contributed by atoms with Crippen LogP contribution in [0.4, 0.5) is 0 Å². The maximum absolute atomic E-state index is 6.07. The first-order chi connectivity index (χ1) is 10.2. The van der Waals surface area contributed by atoms with Crippen molar-refractivity contribution in [2.45, 2.75) is 31.9 Å². The zero-order chi connectivity index (χ0) is 14.8.